The third kappa shape index (κ3) is 4.96. The second-order valence-corrected chi connectivity index (χ2v) is 15.6. The summed E-state index contributed by atoms with van der Waals surface area (Å²) in [5.41, 5.74) is 18.3. The van der Waals surface area contributed by atoms with Gasteiger partial charge in [-0.15, -0.1) is 0 Å². The topological polar surface area (TPSA) is 22.3 Å². The van der Waals surface area contributed by atoms with Crippen LogP contribution in [-0.4, -0.2) is 12.3 Å². The fraction of sp³-hybridized carbons (Fsp3) is 0.0182. The molecule has 0 bridgehead atoms. The number of nitrogens with zero attached hydrogens (tertiary/aromatic N) is 2. The van der Waals surface area contributed by atoms with E-state index in [9.17, 15) is 0 Å². The van der Waals surface area contributed by atoms with E-state index in [0.29, 0.717) is 0 Å². The Kier molecular flexibility index (Phi) is 7.54. The van der Waals surface area contributed by atoms with Crippen molar-refractivity contribution in [1.82, 2.24) is 4.98 Å². The molecule has 4 heteroatoms. The molecular weight excluding hydrogens is 713 g/mol. The Morgan fingerprint density at radius 1 is 0.441 bits per heavy atom. The summed E-state index contributed by atoms with van der Waals surface area (Å²) in [5.74, 6) is 0. The molecule has 2 aliphatic rings. The van der Waals surface area contributed by atoms with Crippen LogP contribution in [0.4, 0.5) is 34.1 Å². The molecular formula is C55H37BN3. The summed E-state index contributed by atoms with van der Waals surface area (Å²) in [6, 6.07) is 79.8. The number of para-hydroxylation sites is 6. The number of nitrogens with one attached hydrogen (secondary N) is 1. The SMILES string of the molecule is [B]1c2cccc3c2N(c2ccccc2C3(c2ccccc2)c2ccccc2)c2cc(N(c3ccccc3)c3ccccc3)cc(-c3cccc4c3[nH]c3ccccc34)c21. The maximum Gasteiger partial charge on any atom is 0.197 e. The van der Waals surface area contributed by atoms with Crippen molar-refractivity contribution in [3.8, 4) is 11.1 Å². The number of H-pyrrole nitrogens is 1. The highest BCUT2D eigenvalue weighted by molar-refractivity contribution is 6.73. The van der Waals surface area contributed by atoms with Gasteiger partial charge in [0.1, 0.15) is 0 Å². The van der Waals surface area contributed by atoms with Crippen LogP contribution in [0.15, 0.2) is 218 Å². The van der Waals surface area contributed by atoms with Crippen LogP contribution in [0.3, 0.4) is 0 Å². The highest BCUT2D eigenvalue weighted by atomic mass is 15.2. The van der Waals surface area contributed by atoms with Gasteiger partial charge in [0.2, 0.25) is 0 Å². The molecule has 0 amide bonds. The van der Waals surface area contributed by atoms with E-state index in [0.717, 1.165) is 33.8 Å². The highest BCUT2D eigenvalue weighted by Crippen LogP contribution is 2.58. The molecule has 9 aromatic carbocycles. The number of rotatable bonds is 6. The van der Waals surface area contributed by atoms with E-state index in [1.165, 1.54) is 66.5 Å². The van der Waals surface area contributed by atoms with Gasteiger partial charge in [-0.05, 0) is 81.8 Å². The molecule has 1 radical (unpaired) electrons. The van der Waals surface area contributed by atoms with E-state index in [1.54, 1.807) is 0 Å². The largest absolute Gasteiger partial charge is 0.354 e. The van der Waals surface area contributed by atoms with Crippen molar-refractivity contribution in [3.63, 3.8) is 0 Å². The van der Waals surface area contributed by atoms with E-state index in [1.807, 2.05) is 0 Å². The van der Waals surface area contributed by atoms with Crippen LogP contribution >= 0.6 is 0 Å². The average molecular weight is 751 g/mol. The van der Waals surface area contributed by atoms with Gasteiger partial charge in [0.05, 0.1) is 16.6 Å². The summed E-state index contributed by atoms with van der Waals surface area (Å²) in [7, 11) is 2.44. The molecule has 0 unspecified atom stereocenters. The first-order valence-electron chi connectivity index (χ1n) is 20.4. The van der Waals surface area contributed by atoms with E-state index < -0.39 is 5.41 Å². The number of aromatic amines is 1. The minimum absolute atomic E-state index is 0.553. The average Bonchev–Trinajstić information content (AvgIpc) is 3.69. The van der Waals surface area contributed by atoms with E-state index >= 15 is 0 Å². The summed E-state index contributed by atoms with van der Waals surface area (Å²) in [6.07, 6.45) is 0. The van der Waals surface area contributed by atoms with E-state index in [2.05, 4.69) is 240 Å². The monoisotopic (exact) mass is 750 g/mol. The molecule has 3 heterocycles. The lowest BCUT2D eigenvalue weighted by atomic mass is 9.54. The van der Waals surface area contributed by atoms with Crippen LogP contribution < -0.4 is 20.7 Å². The maximum atomic E-state index is 3.85. The van der Waals surface area contributed by atoms with Gasteiger partial charge in [-0.3, -0.25) is 0 Å². The third-order valence-corrected chi connectivity index (χ3v) is 12.5. The Hall–Kier alpha value is -7.56. The van der Waals surface area contributed by atoms with Crippen molar-refractivity contribution < 1.29 is 0 Å². The Balaban J connectivity index is 1.20. The molecule has 0 aliphatic carbocycles. The first-order valence-corrected chi connectivity index (χ1v) is 20.4. The molecule has 59 heavy (non-hydrogen) atoms. The van der Waals surface area contributed by atoms with Gasteiger partial charge in [0.15, 0.2) is 7.28 Å². The Morgan fingerprint density at radius 2 is 1.02 bits per heavy atom. The number of hydrogen-bond donors (Lipinski definition) is 1. The summed E-state index contributed by atoms with van der Waals surface area (Å²) in [4.78, 5) is 8.81. The molecule has 0 saturated carbocycles. The molecule has 0 spiro atoms. The first kappa shape index (κ1) is 33.6. The van der Waals surface area contributed by atoms with Crippen molar-refractivity contribution >= 4 is 74.1 Å². The first-order chi connectivity index (χ1) is 29.3. The van der Waals surface area contributed by atoms with Gasteiger partial charge >= 0.3 is 0 Å². The zero-order valence-corrected chi connectivity index (χ0v) is 32.3. The summed E-state index contributed by atoms with van der Waals surface area (Å²) in [6.45, 7) is 0. The predicted octanol–water partition coefficient (Wildman–Crippen LogP) is 12.6. The minimum Gasteiger partial charge on any atom is -0.354 e. The standard InChI is InChI=1S/C55H37BN3/c1-5-19-37(20-6-1)55(38-21-7-2-8-22-38)46-30-14-16-34-50(46)59-51-36-41(58(39-23-9-3-10-24-39)40-25-11-4-12-26-40)35-45(52(51)56-48-32-18-31-47(55)54(48)59)44-29-17-28-43-42-27-13-15-33-49(42)57-53(43)44/h1-36,57H. The van der Waals surface area contributed by atoms with E-state index in [4.69, 9.17) is 0 Å². The number of fused-ring (bicyclic) bond motifs is 7. The molecule has 2 aliphatic heterocycles. The van der Waals surface area contributed by atoms with Gasteiger partial charge < -0.3 is 14.8 Å². The fourth-order valence-electron chi connectivity index (χ4n) is 10.1. The summed E-state index contributed by atoms with van der Waals surface area (Å²) in [5, 5.41) is 2.45. The third-order valence-electron chi connectivity index (χ3n) is 12.5. The van der Waals surface area contributed by atoms with Crippen molar-refractivity contribution in [2.24, 2.45) is 0 Å². The molecule has 0 atom stereocenters. The lowest BCUT2D eigenvalue weighted by Crippen LogP contribution is -2.47. The molecule has 1 aromatic heterocycles. The smallest absolute Gasteiger partial charge is 0.197 e. The molecule has 12 rings (SSSR count). The highest BCUT2D eigenvalue weighted by Gasteiger charge is 2.48. The maximum absolute atomic E-state index is 3.85. The Bertz CT molecular complexity index is 3120. The Morgan fingerprint density at radius 3 is 1.73 bits per heavy atom. The van der Waals surface area contributed by atoms with Crippen LogP contribution in [0.2, 0.25) is 0 Å². The van der Waals surface area contributed by atoms with Crippen molar-refractivity contribution in [1.29, 1.82) is 0 Å². The number of aromatic nitrogens is 1. The van der Waals surface area contributed by atoms with Crippen LogP contribution in [-0.2, 0) is 5.41 Å². The molecule has 10 aromatic rings. The van der Waals surface area contributed by atoms with Gasteiger partial charge in [0.25, 0.3) is 0 Å². The second kappa shape index (κ2) is 13.3. The fourth-order valence-corrected chi connectivity index (χ4v) is 10.1. The lowest BCUT2D eigenvalue weighted by molar-refractivity contribution is 0.732. The quantitative estimate of drug-likeness (QED) is 0.171. The van der Waals surface area contributed by atoms with Crippen LogP contribution in [0.5, 0.6) is 0 Å². The molecule has 0 fully saturated rings. The van der Waals surface area contributed by atoms with Gasteiger partial charge in [0, 0.05) is 50.3 Å². The molecule has 275 valence electrons. The lowest BCUT2D eigenvalue weighted by Gasteiger charge is -2.49. The van der Waals surface area contributed by atoms with Crippen LogP contribution in [0.1, 0.15) is 22.3 Å². The zero-order chi connectivity index (χ0) is 38.9. The van der Waals surface area contributed by atoms with Crippen LogP contribution in [0, 0.1) is 0 Å². The second-order valence-electron chi connectivity index (χ2n) is 15.6. The number of benzene rings is 9. The minimum atomic E-state index is -0.553. The summed E-state index contributed by atoms with van der Waals surface area (Å²) >= 11 is 0. The van der Waals surface area contributed by atoms with Crippen molar-refractivity contribution in [2.75, 3.05) is 9.80 Å². The van der Waals surface area contributed by atoms with Gasteiger partial charge in [-0.1, -0.05) is 175 Å². The van der Waals surface area contributed by atoms with Crippen molar-refractivity contribution in [2.45, 2.75) is 5.41 Å². The Labute approximate surface area is 344 Å². The number of anilines is 6. The van der Waals surface area contributed by atoms with Crippen LogP contribution in [0.25, 0.3) is 32.9 Å². The number of hydrogen-bond acceptors (Lipinski definition) is 2. The van der Waals surface area contributed by atoms with E-state index in [-0.39, 0.29) is 0 Å². The molecule has 0 saturated heterocycles. The normalized spacial score (nSPS) is 13.3. The molecule has 3 nitrogen and oxygen atoms in total. The predicted molar refractivity (Wildman–Crippen MR) is 247 cm³/mol. The van der Waals surface area contributed by atoms with Crippen molar-refractivity contribution in [3.05, 3.63) is 241 Å². The van der Waals surface area contributed by atoms with Gasteiger partial charge in [-0.25, -0.2) is 0 Å². The van der Waals surface area contributed by atoms with Gasteiger partial charge in [-0.2, -0.15) is 0 Å². The summed E-state index contributed by atoms with van der Waals surface area (Å²) < 4.78 is 0. The zero-order valence-electron chi connectivity index (χ0n) is 32.3. The molecule has 1 N–H and O–H groups in total.